The molecule has 1 saturated heterocycles. The lowest BCUT2D eigenvalue weighted by Crippen LogP contribution is -2.68. The summed E-state index contributed by atoms with van der Waals surface area (Å²) in [6, 6.07) is 13.9. The second-order valence-electron chi connectivity index (χ2n) is 10.1. The van der Waals surface area contributed by atoms with E-state index in [-0.39, 0.29) is 38.6 Å². The zero-order chi connectivity index (χ0) is 32.8. The largest absolute Gasteiger partial charge is 0.477 e. The van der Waals surface area contributed by atoms with E-state index >= 15 is 0 Å². The quantitative estimate of drug-likeness (QED) is 0.101. The lowest BCUT2D eigenvalue weighted by atomic mass is 9.88. The van der Waals surface area contributed by atoms with Gasteiger partial charge in [0.15, 0.2) is 0 Å². The fraction of sp³-hybridized carbons (Fsp3) is 0.452. The van der Waals surface area contributed by atoms with Gasteiger partial charge in [-0.05, 0) is 30.3 Å². The minimum atomic E-state index is -2.45. The van der Waals surface area contributed by atoms with E-state index < -0.39 is 67.0 Å². The number of hydrogen-bond acceptors (Lipinski definition) is 11. The highest BCUT2D eigenvalue weighted by Crippen LogP contribution is 2.33. The van der Waals surface area contributed by atoms with Crippen LogP contribution in [0.1, 0.15) is 23.7 Å². The van der Waals surface area contributed by atoms with Gasteiger partial charge in [-0.2, -0.15) is 0 Å². The summed E-state index contributed by atoms with van der Waals surface area (Å²) in [6.07, 6.45) is -2.37. The molecule has 45 heavy (non-hydrogen) atoms. The Kier molecular flexibility index (Phi) is 13.7. The molecule has 6 atom stereocenters. The zero-order valence-electron chi connectivity index (χ0n) is 24.7. The summed E-state index contributed by atoms with van der Waals surface area (Å²) in [4.78, 5) is 37.0. The number of carbonyl (C=O) groups excluding carboxylic acids is 2. The van der Waals surface area contributed by atoms with Gasteiger partial charge in [0.05, 0.1) is 44.7 Å². The average Bonchev–Trinajstić information content (AvgIpc) is 3.02. The Balaban J connectivity index is 1.65. The minimum absolute atomic E-state index is 0.0670. The zero-order valence-corrected chi connectivity index (χ0v) is 24.7. The van der Waals surface area contributed by atoms with Crippen molar-refractivity contribution in [1.29, 1.82) is 0 Å². The molecule has 0 radical (unpaired) electrons. The predicted molar refractivity (Wildman–Crippen MR) is 157 cm³/mol. The van der Waals surface area contributed by atoms with Crippen LogP contribution in [0, 0.1) is 12.3 Å². The Morgan fingerprint density at radius 3 is 2.42 bits per heavy atom. The Hall–Kier alpha value is -4.07. The number of amides is 2. The molecule has 1 heterocycles. The lowest BCUT2D eigenvalue weighted by Gasteiger charge is -2.46. The van der Waals surface area contributed by atoms with Crippen molar-refractivity contribution >= 4 is 17.8 Å². The van der Waals surface area contributed by atoms with Gasteiger partial charge in [0.25, 0.3) is 11.7 Å². The van der Waals surface area contributed by atoms with Gasteiger partial charge in [-0.15, -0.1) is 6.42 Å². The van der Waals surface area contributed by atoms with E-state index in [0.29, 0.717) is 11.5 Å². The monoisotopic (exact) mass is 630 g/mol. The number of terminal acetylenes is 1. The lowest BCUT2D eigenvalue weighted by molar-refractivity contribution is -0.312. The second kappa shape index (κ2) is 17.4. The van der Waals surface area contributed by atoms with Crippen LogP contribution in [0.4, 0.5) is 0 Å². The van der Waals surface area contributed by atoms with Crippen LogP contribution >= 0.6 is 0 Å². The maximum absolute atomic E-state index is 12.8. The number of ether oxygens (including phenoxy) is 5. The summed E-state index contributed by atoms with van der Waals surface area (Å²) in [5.41, 5.74) is 0.203. The molecule has 2 aromatic rings. The van der Waals surface area contributed by atoms with Gasteiger partial charge >= 0.3 is 5.97 Å². The van der Waals surface area contributed by atoms with Gasteiger partial charge in [-0.1, -0.05) is 30.2 Å². The van der Waals surface area contributed by atoms with Crippen LogP contribution in [-0.4, -0.2) is 114 Å². The van der Waals surface area contributed by atoms with Crippen molar-refractivity contribution in [3.63, 3.8) is 0 Å². The Bertz CT molecular complexity index is 1300. The molecule has 2 amide bonds. The highest BCUT2D eigenvalue weighted by atomic mass is 16.7. The number of para-hydroxylation sites is 1. The van der Waals surface area contributed by atoms with Gasteiger partial charge < -0.3 is 54.7 Å². The standard InChI is InChI=1S/C31H38N2O12/c1-3-12-41-13-14-42-15-16-43-31(30(39)40)18-24(35)26(33-20(2)34)28(45-31)27(37)25(36)19-32-29(38)21-8-7-11-23(17-21)44-22-9-5-4-6-10-22/h1,4-11,17,24-28,35-37H,12-16,18-19H2,2H3,(H,32,38)(H,33,34)(H,39,40)/t24-,25+,26+,27+,28+,31-/m0/s1. The molecule has 0 bridgehead atoms. The summed E-state index contributed by atoms with van der Waals surface area (Å²) in [5, 5.41) is 47.6. The summed E-state index contributed by atoms with van der Waals surface area (Å²) < 4.78 is 27.3. The molecule has 6 N–H and O–H groups in total. The summed E-state index contributed by atoms with van der Waals surface area (Å²) in [6.45, 7) is 0.779. The van der Waals surface area contributed by atoms with Crippen molar-refractivity contribution in [2.24, 2.45) is 0 Å². The highest BCUT2D eigenvalue weighted by molar-refractivity contribution is 5.94. The van der Waals surface area contributed by atoms with Crippen molar-refractivity contribution in [3.8, 4) is 23.8 Å². The maximum Gasteiger partial charge on any atom is 0.364 e. The molecule has 0 saturated carbocycles. The van der Waals surface area contributed by atoms with Gasteiger partial charge in [0.1, 0.15) is 30.3 Å². The first kappa shape index (κ1) is 35.4. The number of aliphatic hydroxyl groups is 3. The third kappa shape index (κ3) is 10.5. The van der Waals surface area contributed by atoms with Gasteiger partial charge in [-0.25, -0.2) is 4.79 Å². The number of aliphatic hydroxyl groups excluding tert-OH is 3. The average molecular weight is 631 g/mol. The molecule has 0 spiro atoms. The second-order valence-corrected chi connectivity index (χ2v) is 10.1. The number of carbonyl (C=O) groups is 3. The van der Waals surface area contributed by atoms with Crippen LogP contribution in [0.3, 0.4) is 0 Å². The van der Waals surface area contributed by atoms with E-state index in [9.17, 15) is 34.8 Å². The van der Waals surface area contributed by atoms with Gasteiger partial charge in [0.2, 0.25) is 5.91 Å². The fourth-order valence-electron chi connectivity index (χ4n) is 4.53. The van der Waals surface area contributed by atoms with E-state index in [2.05, 4.69) is 16.6 Å². The molecule has 0 unspecified atom stereocenters. The normalized spacial score (nSPS) is 22.4. The van der Waals surface area contributed by atoms with Crippen LogP contribution in [-0.2, 0) is 28.5 Å². The van der Waals surface area contributed by atoms with Crippen LogP contribution in [0.5, 0.6) is 11.5 Å². The van der Waals surface area contributed by atoms with Crippen LogP contribution < -0.4 is 15.4 Å². The summed E-state index contributed by atoms with van der Waals surface area (Å²) >= 11 is 0. The number of carboxylic acids is 1. The first-order valence-electron chi connectivity index (χ1n) is 14.1. The topological polar surface area (TPSA) is 202 Å². The molecule has 0 aliphatic carbocycles. The van der Waals surface area contributed by atoms with Crippen molar-refractivity contribution in [1.82, 2.24) is 10.6 Å². The Labute approximate surface area is 260 Å². The molecule has 3 rings (SSSR count). The molecule has 1 aliphatic rings. The smallest absolute Gasteiger partial charge is 0.364 e. The predicted octanol–water partition coefficient (Wildman–Crippen LogP) is 0.0489. The van der Waals surface area contributed by atoms with Crippen molar-refractivity contribution < 1.29 is 58.5 Å². The van der Waals surface area contributed by atoms with E-state index in [0.717, 1.165) is 6.92 Å². The molecule has 1 fully saturated rings. The van der Waals surface area contributed by atoms with Crippen molar-refractivity contribution in [2.75, 3.05) is 39.6 Å². The number of rotatable bonds is 17. The van der Waals surface area contributed by atoms with Crippen molar-refractivity contribution in [2.45, 2.75) is 49.6 Å². The SMILES string of the molecule is C#CCOCCOCCO[C@@]1(C(=O)O)C[C@H](O)[C@@H](NC(C)=O)[C@H]([C@H](O)[C@H](O)CNC(=O)c2cccc(Oc3ccccc3)c2)O1. The Morgan fingerprint density at radius 2 is 1.73 bits per heavy atom. The van der Waals surface area contributed by atoms with Crippen molar-refractivity contribution in [3.05, 3.63) is 60.2 Å². The molecule has 1 aliphatic heterocycles. The number of hydrogen-bond donors (Lipinski definition) is 6. The summed E-state index contributed by atoms with van der Waals surface area (Å²) in [7, 11) is 0. The molecular weight excluding hydrogens is 592 g/mol. The molecule has 14 heteroatoms. The van der Waals surface area contributed by atoms with E-state index in [1.807, 2.05) is 6.07 Å². The van der Waals surface area contributed by atoms with Crippen LogP contribution in [0.15, 0.2) is 54.6 Å². The fourth-order valence-corrected chi connectivity index (χ4v) is 4.53. The first-order chi connectivity index (χ1) is 21.6. The van der Waals surface area contributed by atoms with Gasteiger partial charge in [0, 0.05) is 25.5 Å². The van der Waals surface area contributed by atoms with Gasteiger partial charge in [-0.3, -0.25) is 9.59 Å². The van der Waals surface area contributed by atoms with E-state index in [4.69, 9.17) is 30.1 Å². The number of carboxylic acid groups (broad SMARTS) is 1. The van der Waals surface area contributed by atoms with Crippen LogP contribution in [0.2, 0.25) is 0 Å². The third-order valence-electron chi connectivity index (χ3n) is 6.67. The summed E-state index contributed by atoms with van der Waals surface area (Å²) in [5.74, 6) is -2.01. The number of aliphatic carboxylic acids is 1. The number of nitrogens with one attached hydrogen (secondary N) is 2. The third-order valence-corrected chi connectivity index (χ3v) is 6.67. The number of benzene rings is 2. The Morgan fingerprint density at radius 1 is 1.04 bits per heavy atom. The van der Waals surface area contributed by atoms with Crippen LogP contribution in [0.25, 0.3) is 0 Å². The molecule has 2 aromatic carbocycles. The molecule has 0 aromatic heterocycles. The van der Waals surface area contributed by atoms with E-state index in [1.165, 1.54) is 12.1 Å². The highest BCUT2D eigenvalue weighted by Gasteiger charge is 2.55. The molecule has 14 nitrogen and oxygen atoms in total. The minimum Gasteiger partial charge on any atom is -0.477 e. The molecule has 244 valence electrons. The van der Waals surface area contributed by atoms with E-state index in [1.54, 1.807) is 36.4 Å². The molecular formula is C31H38N2O12. The maximum atomic E-state index is 12.8. The first-order valence-corrected chi connectivity index (χ1v) is 14.1.